The van der Waals surface area contributed by atoms with Crippen LogP contribution in [0, 0.1) is 11.8 Å². The molecule has 1 saturated carbocycles. The molecule has 0 unspecified atom stereocenters. The molecule has 1 aromatic carbocycles. The molecule has 1 fully saturated rings. The van der Waals surface area contributed by atoms with Crippen molar-refractivity contribution in [2.75, 3.05) is 13.1 Å². The van der Waals surface area contributed by atoms with E-state index in [2.05, 4.69) is 86.7 Å². The summed E-state index contributed by atoms with van der Waals surface area (Å²) in [4.78, 5) is 2.51. The number of hydrogen-bond donors (Lipinski definition) is 1. The summed E-state index contributed by atoms with van der Waals surface area (Å²) in [7, 11) is 0. The molecule has 1 N–H and O–H groups in total. The standard InChI is InChI=1S/C28H44N2O/c1-22(2)27(31)21-29(18-23-10-7-6-8-11-23)20-26-12-9-17-30(26)19-24-13-15-25(16-14-24)28(3,4)5/h9,12-17,22-23,27,31H,6-8,10-11,18-21H2,1-5H3/t27-/m1/s1. The topological polar surface area (TPSA) is 28.4 Å². The van der Waals surface area contributed by atoms with E-state index in [0.29, 0.717) is 5.92 Å². The number of aromatic nitrogens is 1. The third kappa shape index (κ3) is 7.22. The summed E-state index contributed by atoms with van der Waals surface area (Å²) in [5, 5.41) is 10.6. The normalized spacial score (nSPS) is 16.9. The van der Waals surface area contributed by atoms with Gasteiger partial charge in [-0.1, -0.05) is 78.1 Å². The summed E-state index contributed by atoms with van der Waals surface area (Å²) in [5.41, 5.74) is 4.25. The van der Waals surface area contributed by atoms with Gasteiger partial charge in [0, 0.05) is 38.1 Å². The van der Waals surface area contributed by atoms with Crippen molar-refractivity contribution in [2.24, 2.45) is 11.8 Å². The van der Waals surface area contributed by atoms with Gasteiger partial charge in [0.15, 0.2) is 0 Å². The van der Waals surface area contributed by atoms with Crippen molar-refractivity contribution in [1.82, 2.24) is 9.47 Å². The van der Waals surface area contributed by atoms with E-state index in [-0.39, 0.29) is 11.5 Å². The summed E-state index contributed by atoms with van der Waals surface area (Å²) >= 11 is 0. The van der Waals surface area contributed by atoms with Crippen LogP contribution in [0.15, 0.2) is 42.6 Å². The van der Waals surface area contributed by atoms with E-state index in [9.17, 15) is 5.11 Å². The van der Waals surface area contributed by atoms with E-state index in [0.717, 1.165) is 32.1 Å². The van der Waals surface area contributed by atoms with Gasteiger partial charge in [-0.2, -0.15) is 0 Å². The van der Waals surface area contributed by atoms with Crippen LogP contribution in [-0.2, 0) is 18.5 Å². The summed E-state index contributed by atoms with van der Waals surface area (Å²) in [6.45, 7) is 14.7. The number of benzene rings is 1. The summed E-state index contributed by atoms with van der Waals surface area (Å²) in [5.74, 6) is 1.07. The van der Waals surface area contributed by atoms with Crippen molar-refractivity contribution in [3.8, 4) is 0 Å². The monoisotopic (exact) mass is 424 g/mol. The smallest absolute Gasteiger partial charge is 0.0690 e. The number of rotatable bonds is 9. The lowest BCUT2D eigenvalue weighted by Crippen LogP contribution is -2.38. The first-order valence-electron chi connectivity index (χ1n) is 12.4. The predicted octanol–water partition coefficient (Wildman–Crippen LogP) is 6.23. The molecule has 1 heterocycles. The van der Waals surface area contributed by atoms with Crippen molar-refractivity contribution in [1.29, 1.82) is 0 Å². The molecule has 0 radical (unpaired) electrons. The minimum atomic E-state index is -0.267. The Morgan fingerprint density at radius 1 is 1.03 bits per heavy atom. The van der Waals surface area contributed by atoms with E-state index in [1.54, 1.807) is 0 Å². The van der Waals surface area contributed by atoms with Crippen LogP contribution in [0.3, 0.4) is 0 Å². The maximum absolute atomic E-state index is 10.6. The van der Waals surface area contributed by atoms with E-state index < -0.39 is 0 Å². The lowest BCUT2D eigenvalue weighted by atomic mass is 9.87. The van der Waals surface area contributed by atoms with Gasteiger partial charge in [-0.25, -0.2) is 0 Å². The van der Waals surface area contributed by atoms with Crippen molar-refractivity contribution < 1.29 is 5.11 Å². The Morgan fingerprint density at radius 3 is 2.32 bits per heavy atom. The molecular formula is C28H44N2O. The van der Waals surface area contributed by atoms with Crippen LogP contribution in [0.2, 0.25) is 0 Å². The number of hydrogen-bond acceptors (Lipinski definition) is 2. The molecule has 3 rings (SSSR count). The maximum Gasteiger partial charge on any atom is 0.0690 e. The first kappa shape index (κ1) is 24.1. The SMILES string of the molecule is CC(C)[C@H](O)CN(Cc1cccn1Cc1ccc(C(C)(C)C)cc1)CC1CCCCC1. The molecule has 2 aromatic rings. The molecule has 0 saturated heterocycles. The molecule has 1 aromatic heterocycles. The molecule has 1 aliphatic carbocycles. The van der Waals surface area contributed by atoms with Gasteiger partial charge in [0.2, 0.25) is 0 Å². The Bertz CT molecular complexity index is 778. The fourth-order valence-corrected chi connectivity index (χ4v) is 4.70. The molecule has 0 amide bonds. The Balaban J connectivity index is 1.69. The second kappa shape index (κ2) is 10.8. The highest BCUT2D eigenvalue weighted by molar-refractivity contribution is 5.28. The molecule has 0 spiro atoms. The molecular weight excluding hydrogens is 380 g/mol. The summed E-state index contributed by atoms with van der Waals surface area (Å²) in [6, 6.07) is 13.5. The zero-order valence-electron chi connectivity index (χ0n) is 20.5. The van der Waals surface area contributed by atoms with Gasteiger partial charge in [-0.15, -0.1) is 0 Å². The van der Waals surface area contributed by atoms with Crippen LogP contribution >= 0.6 is 0 Å². The summed E-state index contributed by atoms with van der Waals surface area (Å²) in [6.07, 6.45) is 8.74. The minimum absolute atomic E-state index is 0.189. The third-order valence-electron chi connectivity index (χ3n) is 6.94. The Kier molecular flexibility index (Phi) is 8.41. The second-order valence-corrected chi connectivity index (χ2v) is 11.1. The van der Waals surface area contributed by atoms with E-state index >= 15 is 0 Å². The Hall–Kier alpha value is -1.58. The number of nitrogens with zero attached hydrogens (tertiary/aromatic N) is 2. The Morgan fingerprint density at radius 2 is 1.71 bits per heavy atom. The summed E-state index contributed by atoms with van der Waals surface area (Å²) < 4.78 is 2.38. The molecule has 31 heavy (non-hydrogen) atoms. The van der Waals surface area contributed by atoms with Gasteiger partial charge in [0.25, 0.3) is 0 Å². The van der Waals surface area contributed by atoms with Crippen molar-refractivity contribution >= 4 is 0 Å². The zero-order chi connectivity index (χ0) is 22.4. The predicted molar refractivity (Wildman–Crippen MR) is 131 cm³/mol. The van der Waals surface area contributed by atoms with E-state index in [1.165, 1.54) is 48.9 Å². The zero-order valence-corrected chi connectivity index (χ0v) is 20.5. The molecule has 3 nitrogen and oxygen atoms in total. The fraction of sp³-hybridized carbons (Fsp3) is 0.643. The first-order chi connectivity index (χ1) is 14.7. The lowest BCUT2D eigenvalue weighted by Gasteiger charge is -2.32. The van der Waals surface area contributed by atoms with Gasteiger partial charge < -0.3 is 9.67 Å². The largest absolute Gasteiger partial charge is 0.392 e. The molecule has 172 valence electrons. The quantitative estimate of drug-likeness (QED) is 0.516. The highest BCUT2D eigenvalue weighted by atomic mass is 16.3. The average molecular weight is 425 g/mol. The van der Waals surface area contributed by atoms with Crippen molar-refractivity contribution in [3.05, 3.63) is 59.4 Å². The first-order valence-corrected chi connectivity index (χ1v) is 12.4. The Labute approximate surface area is 190 Å². The fourth-order valence-electron chi connectivity index (χ4n) is 4.70. The highest BCUT2D eigenvalue weighted by Crippen LogP contribution is 2.26. The van der Waals surface area contributed by atoms with Crippen LogP contribution < -0.4 is 0 Å². The van der Waals surface area contributed by atoms with Gasteiger partial charge in [-0.05, 0) is 53.4 Å². The van der Waals surface area contributed by atoms with Crippen LogP contribution in [0.1, 0.15) is 83.5 Å². The molecule has 1 aliphatic rings. The van der Waals surface area contributed by atoms with E-state index in [4.69, 9.17) is 0 Å². The van der Waals surface area contributed by atoms with Crippen molar-refractivity contribution in [2.45, 2.75) is 91.3 Å². The van der Waals surface area contributed by atoms with Crippen LogP contribution in [0.25, 0.3) is 0 Å². The van der Waals surface area contributed by atoms with Crippen LogP contribution in [0.5, 0.6) is 0 Å². The van der Waals surface area contributed by atoms with Gasteiger partial charge in [0.1, 0.15) is 0 Å². The molecule has 3 heteroatoms. The molecule has 0 aliphatic heterocycles. The minimum Gasteiger partial charge on any atom is -0.392 e. The third-order valence-corrected chi connectivity index (χ3v) is 6.94. The maximum atomic E-state index is 10.6. The van der Waals surface area contributed by atoms with Crippen LogP contribution in [0.4, 0.5) is 0 Å². The highest BCUT2D eigenvalue weighted by Gasteiger charge is 2.22. The molecule has 0 bridgehead atoms. The van der Waals surface area contributed by atoms with Gasteiger partial charge in [-0.3, -0.25) is 4.90 Å². The van der Waals surface area contributed by atoms with Gasteiger partial charge in [0.05, 0.1) is 6.10 Å². The van der Waals surface area contributed by atoms with Crippen LogP contribution in [-0.4, -0.2) is 33.8 Å². The lowest BCUT2D eigenvalue weighted by molar-refractivity contribution is 0.0616. The number of aliphatic hydroxyl groups excluding tert-OH is 1. The molecule has 1 atom stereocenters. The number of aliphatic hydroxyl groups is 1. The average Bonchev–Trinajstić information content (AvgIpc) is 3.15. The second-order valence-electron chi connectivity index (χ2n) is 11.1. The van der Waals surface area contributed by atoms with E-state index in [1.807, 2.05) is 0 Å². The van der Waals surface area contributed by atoms with Gasteiger partial charge >= 0.3 is 0 Å². The van der Waals surface area contributed by atoms with Crippen molar-refractivity contribution in [3.63, 3.8) is 0 Å².